The topological polar surface area (TPSA) is 447 Å². The smallest absolute Gasteiger partial charge is 1.00 e. The van der Waals surface area contributed by atoms with Crippen LogP contribution < -0.4 is 45.3 Å². The number of aromatic carboxylic acids is 1. The zero-order valence-electron chi connectivity index (χ0n) is 72.6. The van der Waals surface area contributed by atoms with Crippen molar-refractivity contribution in [3.63, 3.8) is 0 Å². The van der Waals surface area contributed by atoms with E-state index in [1.54, 1.807) is 0 Å². The third-order valence-corrected chi connectivity index (χ3v) is 14.1. The number of pyridine rings is 7. The number of fused-ring (bicyclic) bond motifs is 1. The van der Waals surface area contributed by atoms with Crippen LogP contribution in [0.1, 0.15) is 188 Å². The molecule has 3 radical (unpaired) electrons. The summed E-state index contributed by atoms with van der Waals surface area (Å²) in [7, 11) is -1.33. The van der Waals surface area contributed by atoms with Gasteiger partial charge >= 0.3 is 137 Å². The van der Waals surface area contributed by atoms with Crippen molar-refractivity contribution >= 4 is 127 Å². The van der Waals surface area contributed by atoms with Crippen LogP contribution >= 0.6 is 38.9 Å². The molecular formula is C76H78BCl3F21N12NaO20PSi. The Morgan fingerprint density at radius 3 is 1.21 bits per heavy atom. The van der Waals surface area contributed by atoms with Gasteiger partial charge in [0, 0.05) is 53.0 Å². The van der Waals surface area contributed by atoms with Gasteiger partial charge in [0.25, 0.3) is 11.5 Å². The van der Waals surface area contributed by atoms with Crippen LogP contribution in [0.3, 0.4) is 0 Å². The van der Waals surface area contributed by atoms with Crippen molar-refractivity contribution in [3.8, 4) is 5.69 Å². The summed E-state index contributed by atoms with van der Waals surface area (Å²) in [5.74, 6) is -9.92. The van der Waals surface area contributed by atoms with E-state index in [-0.39, 0.29) is 121 Å². The number of esters is 8. The average Bonchev–Trinajstić information content (AvgIpc) is 1.70. The van der Waals surface area contributed by atoms with E-state index in [0.29, 0.717) is 30.1 Å². The number of carboxylic acids is 1. The molecule has 0 unspecified atom stereocenters. The van der Waals surface area contributed by atoms with Gasteiger partial charge < -0.3 is 60.8 Å². The van der Waals surface area contributed by atoms with E-state index in [9.17, 15) is 150 Å². The summed E-state index contributed by atoms with van der Waals surface area (Å²) in [6, 6.07) is 12.6. The Morgan fingerprint density at radius 2 is 0.868 bits per heavy atom. The molecule has 60 heteroatoms. The Labute approximate surface area is 798 Å². The van der Waals surface area contributed by atoms with Gasteiger partial charge in [-0.15, -0.1) is 4.98 Å². The number of carboxylic acid groups (broad SMARTS) is 1. The van der Waals surface area contributed by atoms with Gasteiger partial charge in [-0.1, -0.05) is 39.7 Å². The summed E-state index contributed by atoms with van der Waals surface area (Å²) >= 11 is 13.8. The van der Waals surface area contributed by atoms with Gasteiger partial charge in [-0.25, -0.2) is 63.7 Å². The SMILES string of the molecule is C.CC(=O)OC(C)=O.CCOC(=O)c1c(C(F)(F)F)ccc2cncn12.CCOC(=O)c1c(C(F)(F)F)ccc[n+]1[O-].CCOC(=O)c1nc(CN)ccc1C(F)(F)F.CCOC(=O)c1nc(CNC=O)ccc1C(F)(F)F.CCOC(=O)c1ncccc1C(F)(F)F.C[Si](C)(C)C#N.O=C(O)c1ncccc1C(F)(F)F.O=P(Cl)(Cl)Cl.[B].[C-]#[N+]c1ccc(C(F)(F)F)c(C(=O)OCC)n1.[H-].[Na+]. The molecule has 0 aliphatic rings. The number of ether oxygens (including phenoxy) is 7. The van der Waals surface area contributed by atoms with Gasteiger partial charge in [0.05, 0.1) is 103 Å². The second-order valence-corrected chi connectivity index (χ2v) is 35.8. The van der Waals surface area contributed by atoms with Crippen LogP contribution in [0, 0.1) is 22.7 Å². The number of hydrogen-bond donors (Lipinski definition) is 3. The molecule has 0 aliphatic carbocycles. The summed E-state index contributed by atoms with van der Waals surface area (Å²) < 4.78 is 305. The molecule has 0 fully saturated rings. The molecule has 0 atom stereocenters. The first-order chi connectivity index (χ1) is 61.1. The number of nitrogens with one attached hydrogen (secondary N) is 1. The first kappa shape index (κ1) is 133. The molecule has 8 rings (SSSR count). The quantitative estimate of drug-likeness (QED) is 0.00728. The largest absolute Gasteiger partial charge is 1.00 e. The van der Waals surface area contributed by atoms with E-state index < -0.39 is 189 Å². The van der Waals surface area contributed by atoms with Crippen LogP contribution in [0.15, 0.2) is 116 Å². The number of rotatable bonds is 17. The van der Waals surface area contributed by atoms with Crippen LogP contribution in [0.5, 0.6) is 0 Å². The van der Waals surface area contributed by atoms with Gasteiger partial charge in [-0.05, 0) is 148 Å². The minimum atomic E-state index is -4.77. The Kier molecular flexibility index (Phi) is 59.8. The van der Waals surface area contributed by atoms with Crippen LogP contribution in [0.2, 0.25) is 19.6 Å². The van der Waals surface area contributed by atoms with E-state index in [1.165, 1.54) is 67.7 Å². The minimum absolute atomic E-state index is 0. The molecule has 0 spiro atoms. The molecule has 743 valence electrons. The van der Waals surface area contributed by atoms with Gasteiger partial charge in [0.15, 0.2) is 37.0 Å². The third kappa shape index (κ3) is 50.1. The van der Waals surface area contributed by atoms with E-state index in [1.807, 2.05) is 19.6 Å². The van der Waals surface area contributed by atoms with Crippen LogP contribution in [-0.2, 0) is 108 Å². The number of aromatic nitrogens is 8. The van der Waals surface area contributed by atoms with Gasteiger partial charge in [-0.2, -0.15) is 96.9 Å². The third-order valence-electron chi connectivity index (χ3n) is 13.4. The molecular weight excluding hydrogens is 2000 g/mol. The molecule has 1 amide bonds. The minimum Gasteiger partial charge on any atom is -1.00 e. The Balaban J connectivity index is -0.000000353. The van der Waals surface area contributed by atoms with Crippen molar-refractivity contribution in [2.24, 2.45) is 5.73 Å². The number of alkyl halides is 21. The number of carbonyl (C=O) groups is 10. The monoisotopic (exact) mass is 2080 g/mol. The fraction of sp³-hybridized carbons (Fsp3) is 0.355. The maximum absolute atomic E-state index is 12.8. The molecule has 0 saturated carbocycles. The fourth-order valence-electron chi connectivity index (χ4n) is 8.37. The summed E-state index contributed by atoms with van der Waals surface area (Å²) in [6.45, 7) is 23.6. The maximum Gasteiger partial charge on any atom is 1.00 e. The van der Waals surface area contributed by atoms with Crippen molar-refractivity contribution in [3.05, 3.63) is 223 Å². The molecule has 32 nitrogen and oxygen atoms in total. The second kappa shape index (κ2) is 61.3. The molecule has 0 bridgehead atoms. The zero-order valence-corrected chi connectivity index (χ0v) is 77.7. The summed E-state index contributed by atoms with van der Waals surface area (Å²) in [5, 5.41) is 26.7. The van der Waals surface area contributed by atoms with Gasteiger partial charge in [0.2, 0.25) is 6.41 Å². The molecule has 8 aromatic rings. The van der Waals surface area contributed by atoms with Gasteiger partial charge in [0.1, 0.15) is 16.8 Å². The van der Waals surface area contributed by atoms with E-state index in [2.05, 4.69) is 113 Å². The van der Waals surface area contributed by atoms with Gasteiger partial charge in [-0.3, -0.25) is 23.3 Å². The number of imidazole rings is 1. The first-order valence-corrected chi connectivity index (χ1v) is 43.9. The van der Waals surface area contributed by atoms with Crippen molar-refractivity contribution in [2.75, 3.05) is 39.6 Å². The zero-order chi connectivity index (χ0) is 103. The average molecular weight is 2080 g/mol. The van der Waals surface area contributed by atoms with Crippen molar-refractivity contribution in [1.82, 2.24) is 39.6 Å². The number of nitriles is 1. The number of halogens is 24. The fourth-order valence-corrected chi connectivity index (χ4v) is 8.37. The van der Waals surface area contributed by atoms with Crippen LogP contribution in [-0.4, -0.2) is 156 Å². The predicted molar refractivity (Wildman–Crippen MR) is 437 cm³/mol. The molecule has 4 N–H and O–H groups in total. The van der Waals surface area contributed by atoms with Crippen LogP contribution in [0.25, 0.3) is 10.4 Å². The molecule has 136 heavy (non-hydrogen) atoms. The second-order valence-electron chi connectivity index (χ2n) is 24.4. The summed E-state index contributed by atoms with van der Waals surface area (Å²) in [6.07, 6.45) is -26.9. The number of hydrogen-bond acceptors (Lipinski definition) is 27. The van der Waals surface area contributed by atoms with E-state index in [4.69, 9.17) is 22.7 Å². The standard InChI is InChI=1S/C11H11F3N2O3.C11H9F3N2O2.C10H7F3N2O2.C10H11F3N2O2.C9H8F3NO3.C9H8F3NO2.C7H4F3NO2.C4H9NSi.C4H6O3.CH4.B.Cl3OP.Na.H/c1-2-19-10(18)9-8(11(12,13)14)4-3-7(16-9)5-15-6-17;1-2-18-10(17)9-8(11(12,13)14)4-3-7-5-15-6-16(7)9;1-3-17-9(16)8-6(10(11,12)13)4-5-7(14-2)15-8;1-2-17-9(16)8-7(10(11,12)13)4-3-6(5-14)15-8;1-2-16-8(14)7-6(9(10,11)12)4-3-5-13(7)15;1-2-15-8(14)7-6(9(10,11)12)4-3-5-13-7;8-7(9,10)4-2-1-3-11-5(4)6(12)13;1-6(2,3)4-5;1-3(5)7-4(2)6;;;1-5(2,3)4;;/h3-4,6H,2,5H2,1H3,(H,15,17);3-6H,2H2,1H3;4-5H,3H2,1H3;3-4H,2,5,14H2,1H3;3-5H,2H2,1H3;3-5H,2H2,1H3;1-3H,(H,12,13);1-3H3;1-2H3;1H4;;;;/q;;;;;;;;;;;;+1;-1. The molecule has 0 aliphatic heterocycles. The Morgan fingerprint density at radius 1 is 0.544 bits per heavy atom. The molecule has 8 heterocycles. The molecule has 8 aromatic heterocycles. The number of nitrogens with zero attached hydrogens (tertiary/aromatic N) is 10. The predicted octanol–water partition coefficient (Wildman–Crippen LogP) is 15.9. The Hall–Kier alpha value is -11.9. The first-order valence-electron chi connectivity index (χ1n) is 36.0. The summed E-state index contributed by atoms with van der Waals surface area (Å²) in [4.78, 5) is 132. The maximum atomic E-state index is 12.8. The normalized spacial score (nSPS) is 10.8. The van der Waals surface area contributed by atoms with E-state index >= 15 is 0 Å². The Bertz CT molecular complexity index is 5380. The van der Waals surface area contributed by atoms with E-state index in [0.717, 1.165) is 90.0 Å². The number of carbonyl (C=O) groups excluding carboxylic acids is 9. The van der Waals surface area contributed by atoms with Crippen molar-refractivity contribution in [1.29, 1.82) is 5.26 Å². The van der Waals surface area contributed by atoms with Crippen molar-refractivity contribution < 1.29 is 219 Å². The van der Waals surface area contributed by atoms with Crippen molar-refractivity contribution in [2.45, 2.75) is 139 Å². The molecule has 0 aromatic carbocycles. The number of nitrogens with two attached hydrogens (primary N) is 1. The molecule has 0 saturated heterocycles. The van der Waals surface area contributed by atoms with Crippen LogP contribution in [0.4, 0.5) is 98.0 Å². The number of amides is 1. The summed E-state index contributed by atoms with van der Waals surface area (Å²) in [5.41, 5.74) is -5.64.